The summed E-state index contributed by atoms with van der Waals surface area (Å²) in [7, 11) is 7.01. The van der Waals surface area contributed by atoms with E-state index in [-0.39, 0.29) is 17.9 Å². The Morgan fingerprint density at radius 3 is 1.88 bits per heavy atom. The monoisotopic (exact) mass is 463 g/mol. The minimum atomic E-state index is -0.637. The molecule has 1 heterocycles. The topological polar surface area (TPSA) is 115 Å². The van der Waals surface area contributed by atoms with Crippen LogP contribution < -0.4 is 16.7 Å². The molecule has 1 unspecified atom stereocenters. The van der Waals surface area contributed by atoms with Gasteiger partial charge in [-0.05, 0) is 72.7 Å². The zero-order valence-corrected chi connectivity index (χ0v) is 20.4. The maximum absolute atomic E-state index is 12.7. The Hall–Kier alpha value is -3.30. The highest BCUT2D eigenvalue weighted by atomic mass is 16.2. The molecule has 0 spiro atoms. The van der Waals surface area contributed by atoms with Gasteiger partial charge in [0.05, 0.1) is 5.41 Å². The molecule has 4 rings (SSSR count). The maximum Gasteiger partial charge on any atom is 0.253 e. The predicted octanol–water partition coefficient (Wildman–Crippen LogP) is 2.01. The van der Waals surface area contributed by atoms with Gasteiger partial charge in [0.15, 0.2) is 6.17 Å². The van der Waals surface area contributed by atoms with Crippen LogP contribution >= 0.6 is 0 Å². The third-order valence-corrected chi connectivity index (χ3v) is 6.68. The molecule has 2 aromatic carbocycles. The summed E-state index contributed by atoms with van der Waals surface area (Å²) >= 11 is 0. The van der Waals surface area contributed by atoms with Gasteiger partial charge in [-0.25, -0.2) is 5.53 Å². The molecule has 0 saturated heterocycles. The van der Waals surface area contributed by atoms with Crippen LogP contribution in [0.3, 0.4) is 0 Å². The van der Waals surface area contributed by atoms with Gasteiger partial charge in [-0.2, -0.15) is 5.43 Å². The number of fused-ring (bicyclic) bond motifs is 2. The summed E-state index contributed by atoms with van der Waals surface area (Å²) in [6, 6.07) is 11.7. The molecule has 0 bridgehead atoms. The maximum atomic E-state index is 12.7. The third kappa shape index (κ3) is 4.05. The van der Waals surface area contributed by atoms with E-state index in [4.69, 9.17) is 5.73 Å². The van der Waals surface area contributed by atoms with Crippen molar-refractivity contribution in [2.45, 2.75) is 43.8 Å². The summed E-state index contributed by atoms with van der Waals surface area (Å²) in [5.74, 6) is -0.0804. The summed E-state index contributed by atoms with van der Waals surface area (Å²) in [5, 5.41) is 8.50. The number of aryl methyl sites for hydroxylation is 2. The fraction of sp³-hybridized carbons (Fsp3) is 0.440. The number of carbonyl (C=O) groups is 2. The molecule has 0 aromatic heterocycles. The Morgan fingerprint density at radius 1 is 1.00 bits per heavy atom. The normalized spacial score (nSPS) is 18.8. The molecular formula is C25H33N7O2. The Bertz CT molecular complexity index is 1070. The molecule has 0 saturated carbocycles. The summed E-state index contributed by atoms with van der Waals surface area (Å²) in [6.07, 6.45) is 1.66. The van der Waals surface area contributed by atoms with Crippen molar-refractivity contribution in [1.29, 1.82) is 0 Å². The first-order chi connectivity index (χ1) is 16.1. The van der Waals surface area contributed by atoms with Crippen LogP contribution in [0.2, 0.25) is 0 Å². The van der Waals surface area contributed by atoms with Crippen molar-refractivity contribution in [3.63, 3.8) is 0 Å². The van der Waals surface area contributed by atoms with Gasteiger partial charge >= 0.3 is 0 Å². The van der Waals surface area contributed by atoms with Gasteiger partial charge in [-0.3, -0.25) is 9.59 Å². The van der Waals surface area contributed by atoms with Crippen molar-refractivity contribution in [2.24, 2.45) is 16.1 Å². The molecule has 9 heteroatoms. The number of benzene rings is 2. The fourth-order valence-electron chi connectivity index (χ4n) is 5.23. The van der Waals surface area contributed by atoms with Crippen LogP contribution in [0.5, 0.6) is 0 Å². The summed E-state index contributed by atoms with van der Waals surface area (Å²) in [6.45, 7) is 1.99. The third-order valence-electron chi connectivity index (χ3n) is 6.68. The molecule has 2 atom stereocenters. The van der Waals surface area contributed by atoms with Crippen LogP contribution in [0.4, 0.5) is 0 Å². The largest absolute Gasteiger partial charge is 0.345 e. The second-order valence-corrected chi connectivity index (χ2v) is 9.67. The molecule has 9 nitrogen and oxygen atoms in total. The number of carbonyl (C=O) groups excluding carboxylic acids is 2. The number of hydrazine groups is 1. The first kappa shape index (κ1) is 23.8. The molecule has 180 valence electrons. The van der Waals surface area contributed by atoms with E-state index in [1.165, 1.54) is 0 Å². The lowest BCUT2D eigenvalue weighted by Gasteiger charge is -2.40. The van der Waals surface area contributed by atoms with E-state index in [0.717, 1.165) is 35.1 Å². The minimum absolute atomic E-state index is 0.0402. The molecule has 1 aliphatic carbocycles. The number of hydrogen-bond donors (Lipinski definition) is 3. The van der Waals surface area contributed by atoms with Crippen LogP contribution in [0.1, 0.15) is 56.3 Å². The quantitative estimate of drug-likeness (QED) is 0.627. The first-order valence-corrected chi connectivity index (χ1v) is 11.5. The van der Waals surface area contributed by atoms with Crippen LogP contribution in [-0.2, 0) is 18.3 Å². The van der Waals surface area contributed by atoms with Crippen molar-refractivity contribution in [3.8, 4) is 0 Å². The van der Waals surface area contributed by atoms with E-state index < -0.39 is 11.6 Å². The highest BCUT2D eigenvalue weighted by Crippen LogP contribution is 2.46. The molecule has 0 radical (unpaired) electrons. The van der Waals surface area contributed by atoms with E-state index in [9.17, 15) is 9.59 Å². The second kappa shape index (κ2) is 9.15. The van der Waals surface area contributed by atoms with E-state index in [2.05, 4.69) is 21.3 Å². The number of rotatable bonds is 5. The van der Waals surface area contributed by atoms with Crippen molar-refractivity contribution in [3.05, 3.63) is 69.8 Å². The summed E-state index contributed by atoms with van der Waals surface area (Å²) in [4.78, 5) is 28.6. The Morgan fingerprint density at radius 2 is 1.50 bits per heavy atom. The number of nitrogens with zero attached hydrogens (tertiary/aromatic N) is 4. The van der Waals surface area contributed by atoms with Crippen LogP contribution in [0.25, 0.3) is 0 Å². The van der Waals surface area contributed by atoms with Gasteiger partial charge in [-0.1, -0.05) is 17.4 Å². The van der Waals surface area contributed by atoms with Gasteiger partial charge in [0.2, 0.25) is 0 Å². The molecule has 2 amide bonds. The van der Waals surface area contributed by atoms with Crippen molar-refractivity contribution < 1.29 is 9.59 Å². The lowest BCUT2D eigenvalue weighted by atomic mass is 9.66. The van der Waals surface area contributed by atoms with Crippen LogP contribution in [-0.4, -0.2) is 62.0 Å². The van der Waals surface area contributed by atoms with Crippen molar-refractivity contribution >= 4 is 11.8 Å². The van der Waals surface area contributed by atoms with Gasteiger partial charge in [0.1, 0.15) is 0 Å². The zero-order chi connectivity index (χ0) is 24.6. The molecular weight excluding hydrogens is 430 g/mol. The van der Waals surface area contributed by atoms with Crippen molar-refractivity contribution in [1.82, 2.24) is 20.8 Å². The summed E-state index contributed by atoms with van der Waals surface area (Å²) in [5.41, 5.74) is 17.4. The highest BCUT2D eigenvalue weighted by Gasteiger charge is 2.48. The van der Waals surface area contributed by atoms with Gasteiger partial charge < -0.3 is 15.5 Å². The fourth-order valence-corrected chi connectivity index (χ4v) is 5.23. The Kier molecular flexibility index (Phi) is 6.42. The average molecular weight is 464 g/mol. The van der Waals surface area contributed by atoms with Gasteiger partial charge in [-0.15, -0.1) is 5.11 Å². The number of hydrogen-bond acceptors (Lipinski definition) is 7. The molecule has 4 N–H and O–H groups in total. The number of nitrogens with one attached hydrogen (secondary N) is 2. The van der Waals surface area contributed by atoms with E-state index >= 15 is 0 Å². The number of amides is 2. The standard InChI is InChI=1S/C25H33N7O2/c1-15(26)14-25(24-27-29-30-28-24)20-10-8-18(22(33)31(2)3)12-16(20)6-7-17-13-19(9-11-21(17)25)23(34)32(4)5/h8-13,15,24H,6-7,14,26H2,1-5H3,(H,27,30)(H,28,29)/t15-/m0/s1. The Balaban J connectivity index is 1.97. The van der Waals surface area contributed by atoms with E-state index in [1.807, 2.05) is 43.3 Å². The van der Waals surface area contributed by atoms with Crippen LogP contribution in [0.15, 0.2) is 46.7 Å². The highest BCUT2D eigenvalue weighted by molar-refractivity contribution is 5.95. The SMILES string of the molecule is C[C@H](N)CC1(C2N=NNN2)c2ccc(C(=O)N(C)C)cc2CCc2cc(C(=O)N(C)C)ccc21. The average Bonchev–Trinajstić information content (AvgIpc) is 3.31. The van der Waals surface area contributed by atoms with E-state index in [1.54, 1.807) is 38.0 Å². The van der Waals surface area contributed by atoms with Gasteiger partial charge in [0.25, 0.3) is 11.8 Å². The van der Waals surface area contributed by atoms with E-state index in [0.29, 0.717) is 17.5 Å². The van der Waals surface area contributed by atoms with Crippen molar-refractivity contribution in [2.75, 3.05) is 28.2 Å². The molecule has 34 heavy (non-hydrogen) atoms. The van der Waals surface area contributed by atoms with Crippen LogP contribution in [0, 0.1) is 0 Å². The molecule has 1 aliphatic heterocycles. The predicted molar refractivity (Wildman–Crippen MR) is 130 cm³/mol. The molecule has 2 aliphatic rings. The lowest BCUT2D eigenvalue weighted by molar-refractivity contribution is 0.0820. The van der Waals surface area contributed by atoms with Gasteiger partial charge in [0, 0.05) is 45.4 Å². The molecule has 0 fully saturated rings. The Labute approximate surface area is 200 Å². The summed E-state index contributed by atoms with van der Waals surface area (Å²) < 4.78 is 0. The zero-order valence-electron chi connectivity index (χ0n) is 20.4. The second-order valence-electron chi connectivity index (χ2n) is 9.67. The lowest BCUT2D eigenvalue weighted by Crippen LogP contribution is -2.51. The minimum Gasteiger partial charge on any atom is -0.345 e. The smallest absolute Gasteiger partial charge is 0.253 e. The molecule has 2 aromatic rings. The first-order valence-electron chi connectivity index (χ1n) is 11.5. The number of nitrogens with two attached hydrogens (primary N) is 1.